The van der Waals surface area contributed by atoms with E-state index in [4.69, 9.17) is 0 Å². The molecular formula is C21H21I. The molecule has 0 aromatic heterocycles. The van der Waals surface area contributed by atoms with Crippen LogP contribution in [0.3, 0.4) is 0 Å². The zero-order chi connectivity index (χ0) is 15.4. The highest BCUT2D eigenvalue weighted by Gasteiger charge is 2.17. The van der Waals surface area contributed by atoms with Gasteiger partial charge in [-0.15, -0.1) is 0 Å². The van der Waals surface area contributed by atoms with E-state index in [-0.39, 0.29) is 0 Å². The van der Waals surface area contributed by atoms with Crippen LogP contribution in [-0.2, 0) is 0 Å². The Balaban J connectivity index is 2.31. The van der Waals surface area contributed by atoms with Gasteiger partial charge in [0.25, 0.3) is 0 Å². The molecule has 0 N–H and O–H groups in total. The molecule has 0 bridgehead atoms. The van der Waals surface area contributed by atoms with Gasteiger partial charge >= 0.3 is 0 Å². The van der Waals surface area contributed by atoms with Gasteiger partial charge < -0.3 is 0 Å². The summed E-state index contributed by atoms with van der Waals surface area (Å²) >= 11 is 2.50. The molecule has 1 heteroatoms. The molecule has 1 aliphatic carbocycles. The summed E-state index contributed by atoms with van der Waals surface area (Å²) in [5.74, 6) is 0. The molecule has 0 fully saturated rings. The highest BCUT2D eigenvalue weighted by molar-refractivity contribution is 14.1. The second-order valence-electron chi connectivity index (χ2n) is 5.68. The maximum absolute atomic E-state index is 2.50. The van der Waals surface area contributed by atoms with Crippen LogP contribution in [0.25, 0.3) is 17.7 Å². The molecule has 22 heavy (non-hydrogen) atoms. The summed E-state index contributed by atoms with van der Waals surface area (Å²) in [6.45, 7) is 2.28. The highest BCUT2D eigenvalue weighted by Crippen LogP contribution is 2.38. The average Bonchev–Trinajstić information content (AvgIpc) is 2.71. The summed E-state index contributed by atoms with van der Waals surface area (Å²) in [6.07, 6.45) is 8.07. The Morgan fingerprint density at radius 1 is 0.818 bits per heavy atom. The molecule has 1 aliphatic rings. The molecule has 0 heterocycles. The third-order valence-corrected chi connectivity index (χ3v) is 4.74. The fourth-order valence-electron chi connectivity index (χ4n) is 3.24. The largest absolute Gasteiger partial charge is 0.0860 e. The Hall–Kier alpha value is -1.35. The van der Waals surface area contributed by atoms with E-state index in [2.05, 4.69) is 90.2 Å². The second-order valence-corrected chi connectivity index (χ2v) is 6.75. The van der Waals surface area contributed by atoms with Crippen molar-refractivity contribution in [2.45, 2.75) is 26.2 Å². The number of benzene rings is 2. The van der Waals surface area contributed by atoms with Crippen molar-refractivity contribution < 1.29 is 0 Å². The van der Waals surface area contributed by atoms with Crippen LogP contribution in [0, 0.1) is 0 Å². The van der Waals surface area contributed by atoms with Crippen molar-refractivity contribution in [3.8, 4) is 0 Å². The normalized spacial score (nSPS) is 12.5. The number of halogens is 1. The van der Waals surface area contributed by atoms with Crippen molar-refractivity contribution in [2.24, 2.45) is 0 Å². The SMILES string of the molecule is CCCC(CCI)=C1c2ccccc2C=Cc2ccccc21. The molecule has 0 amide bonds. The molecule has 0 unspecified atom stereocenters. The first-order valence-corrected chi connectivity index (χ1v) is 9.52. The average molecular weight is 400 g/mol. The van der Waals surface area contributed by atoms with E-state index in [0.717, 1.165) is 0 Å². The summed E-state index contributed by atoms with van der Waals surface area (Å²) < 4.78 is 1.17. The first-order valence-electron chi connectivity index (χ1n) is 8.00. The number of allylic oxidation sites excluding steroid dienone is 1. The Morgan fingerprint density at radius 2 is 1.36 bits per heavy atom. The summed E-state index contributed by atoms with van der Waals surface area (Å²) in [5, 5.41) is 0. The lowest BCUT2D eigenvalue weighted by Crippen LogP contribution is -1.98. The molecule has 0 saturated heterocycles. The van der Waals surface area contributed by atoms with Gasteiger partial charge in [-0.1, -0.05) is 102 Å². The fraction of sp³-hybridized carbons (Fsp3) is 0.238. The minimum Gasteiger partial charge on any atom is -0.0860 e. The van der Waals surface area contributed by atoms with E-state index in [1.807, 2.05) is 0 Å². The van der Waals surface area contributed by atoms with Crippen molar-refractivity contribution in [1.82, 2.24) is 0 Å². The quantitative estimate of drug-likeness (QED) is 0.342. The Kier molecular flexibility index (Phi) is 5.14. The summed E-state index contributed by atoms with van der Waals surface area (Å²) in [7, 11) is 0. The lowest BCUT2D eigenvalue weighted by atomic mass is 9.87. The van der Waals surface area contributed by atoms with Crippen molar-refractivity contribution >= 4 is 40.3 Å². The molecule has 2 aromatic carbocycles. The van der Waals surface area contributed by atoms with E-state index in [0.29, 0.717) is 0 Å². The Labute approximate surface area is 147 Å². The van der Waals surface area contributed by atoms with Crippen LogP contribution in [0.5, 0.6) is 0 Å². The van der Waals surface area contributed by atoms with Gasteiger partial charge in [-0.2, -0.15) is 0 Å². The van der Waals surface area contributed by atoms with Crippen LogP contribution in [0.1, 0.15) is 48.4 Å². The Bertz CT molecular complexity index is 663. The van der Waals surface area contributed by atoms with Crippen LogP contribution in [0.4, 0.5) is 0 Å². The maximum Gasteiger partial charge on any atom is 0.00329 e. The van der Waals surface area contributed by atoms with E-state index >= 15 is 0 Å². The summed E-state index contributed by atoms with van der Waals surface area (Å²) in [5.41, 5.74) is 8.50. The van der Waals surface area contributed by atoms with Gasteiger partial charge in [-0.05, 0) is 40.7 Å². The predicted molar refractivity (Wildman–Crippen MR) is 106 cm³/mol. The van der Waals surface area contributed by atoms with Crippen LogP contribution in [-0.4, -0.2) is 4.43 Å². The third-order valence-electron chi connectivity index (χ3n) is 4.20. The molecule has 0 nitrogen and oxygen atoms in total. The van der Waals surface area contributed by atoms with Gasteiger partial charge in [-0.3, -0.25) is 0 Å². The molecule has 0 spiro atoms. The monoisotopic (exact) mass is 400 g/mol. The molecular weight excluding hydrogens is 379 g/mol. The molecule has 0 saturated carbocycles. The van der Waals surface area contributed by atoms with Crippen LogP contribution in [0.2, 0.25) is 0 Å². The van der Waals surface area contributed by atoms with E-state index in [1.54, 1.807) is 5.57 Å². The van der Waals surface area contributed by atoms with Gasteiger partial charge in [-0.25, -0.2) is 0 Å². The van der Waals surface area contributed by atoms with Crippen LogP contribution >= 0.6 is 22.6 Å². The molecule has 0 radical (unpaired) electrons. The molecule has 0 atom stereocenters. The highest BCUT2D eigenvalue weighted by atomic mass is 127. The third kappa shape index (κ3) is 3.05. The standard InChI is InChI=1S/C21H21I/c1-2-7-18(14-15-22)21-19-10-5-3-8-16(19)12-13-17-9-4-6-11-20(17)21/h3-6,8-13H,2,7,14-15H2,1H3. The van der Waals surface area contributed by atoms with Crippen molar-refractivity contribution in [3.05, 3.63) is 76.4 Å². The minimum atomic E-state index is 1.17. The first-order chi connectivity index (χ1) is 10.8. The number of hydrogen-bond acceptors (Lipinski definition) is 0. The lowest BCUT2D eigenvalue weighted by molar-refractivity contribution is 0.868. The molecule has 3 rings (SSSR count). The number of rotatable bonds is 4. The zero-order valence-electron chi connectivity index (χ0n) is 13.0. The van der Waals surface area contributed by atoms with Gasteiger partial charge in [0.05, 0.1) is 0 Å². The van der Waals surface area contributed by atoms with Gasteiger partial charge in [0, 0.05) is 4.43 Å². The number of hydrogen-bond donors (Lipinski definition) is 0. The van der Waals surface area contributed by atoms with Gasteiger partial charge in [0.2, 0.25) is 0 Å². The number of alkyl halides is 1. The molecule has 0 aliphatic heterocycles. The second kappa shape index (κ2) is 7.28. The zero-order valence-corrected chi connectivity index (χ0v) is 15.1. The first kappa shape index (κ1) is 15.5. The summed E-state index contributed by atoms with van der Waals surface area (Å²) in [4.78, 5) is 0. The fourth-order valence-corrected chi connectivity index (χ4v) is 3.89. The molecule has 112 valence electrons. The van der Waals surface area contributed by atoms with Gasteiger partial charge in [0.1, 0.15) is 0 Å². The van der Waals surface area contributed by atoms with Gasteiger partial charge in [0.15, 0.2) is 0 Å². The Morgan fingerprint density at radius 3 is 1.86 bits per heavy atom. The smallest absolute Gasteiger partial charge is 0.00329 e. The van der Waals surface area contributed by atoms with Crippen LogP contribution in [0.15, 0.2) is 54.1 Å². The predicted octanol–water partition coefficient (Wildman–Crippen LogP) is 6.60. The van der Waals surface area contributed by atoms with Crippen molar-refractivity contribution in [1.29, 1.82) is 0 Å². The van der Waals surface area contributed by atoms with Crippen molar-refractivity contribution in [3.63, 3.8) is 0 Å². The van der Waals surface area contributed by atoms with E-state index in [9.17, 15) is 0 Å². The lowest BCUT2D eigenvalue weighted by Gasteiger charge is -2.18. The van der Waals surface area contributed by atoms with Crippen LogP contribution < -0.4 is 0 Å². The topological polar surface area (TPSA) is 0 Å². The minimum absolute atomic E-state index is 1.17. The maximum atomic E-state index is 2.50. The van der Waals surface area contributed by atoms with E-state index < -0.39 is 0 Å². The molecule has 2 aromatic rings. The van der Waals surface area contributed by atoms with Crippen molar-refractivity contribution in [2.75, 3.05) is 4.43 Å². The summed E-state index contributed by atoms with van der Waals surface area (Å²) in [6, 6.07) is 17.6. The van der Waals surface area contributed by atoms with E-state index in [1.165, 1.54) is 51.5 Å². The number of fused-ring (bicyclic) bond motifs is 2.